The molecule has 23 heavy (non-hydrogen) atoms. The molecular formula is C17H21N5O. The van der Waals surface area contributed by atoms with Gasteiger partial charge in [-0.2, -0.15) is 10.1 Å². The first-order chi connectivity index (χ1) is 11.3. The SMILES string of the molecule is O=C(C[C@H]1CCc2ccccc21)N1CCN(c2ncn[nH]2)CC1. The minimum Gasteiger partial charge on any atom is -0.339 e. The highest BCUT2D eigenvalue weighted by atomic mass is 16.2. The Bertz CT molecular complexity index is 676. The summed E-state index contributed by atoms with van der Waals surface area (Å²) in [6.45, 7) is 3.13. The summed E-state index contributed by atoms with van der Waals surface area (Å²) in [6.07, 6.45) is 4.36. The van der Waals surface area contributed by atoms with Gasteiger partial charge in [0.2, 0.25) is 11.9 Å². The quantitative estimate of drug-likeness (QED) is 0.934. The molecule has 0 radical (unpaired) electrons. The van der Waals surface area contributed by atoms with Crippen LogP contribution in [-0.2, 0) is 11.2 Å². The second-order valence-corrected chi connectivity index (χ2v) is 6.32. The number of nitrogens with one attached hydrogen (secondary N) is 1. The Hall–Kier alpha value is -2.37. The van der Waals surface area contributed by atoms with Crippen LogP contribution in [0.25, 0.3) is 0 Å². The molecule has 6 nitrogen and oxygen atoms in total. The molecule has 0 spiro atoms. The molecule has 1 atom stereocenters. The summed E-state index contributed by atoms with van der Waals surface area (Å²) < 4.78 is 0. The second kappa shape index (κ2) is 6.02. The molecule has 1 aliphatic heterocycles. The van der Waals surface area contributed by atoms with Gasteiger partial charge in [0, 0.05) is 32.6 Å². The van der Waals surface area contributed by atoms with Crippen molar-refractivity contribution in [2.75, 3.05) is 31.1 Å². The van der Waals surface area contributed by atoms with Gasteiger partial charge in [-0.15, -0.1) is 0 Å². The number of aryl methyl sites for hydroxylation is 1. The molecule has 4 rings (SSSR count). The topological polar surface area (TPSA) is 65.1 Å². The summed E-state index contributed by atoms with van der Waals surface area (Å²) in [6, 6.07) is 8.54. The molecule has 0 saturated carbocycles. The van der Waals surface area contributed by atoms with Crippen molar-refractivity contribution in [2.45, 2.75) is 25.2 Å². The average Bonchev–Trinajstić information content (AvgIpc) is 3.25. The number of carbonyl (C=O) groups excluding carboxylic acids is 1. The van der Waals surface area contributed by atoms with E-state index >= 15 is 0 Å². The number of benzene rings is 1. The summed E-state index contributed by atoms with van der Waals surface area (Å²) in [4.78, 5) is 20.9. The predicted octanol–water partition coefficient (Wildman–Crippen LogP) is 1.57. The predicted molar refractivity (Wildman–Crippen MR) is 87.3 cm³/mol. The van der Waals surface area contributed by atoms with Gasteiger partial charge in [-0.1, -0.05) is 24.3 Å². The van der Waals surface area contributed by atoms with Crippen LogP contribution in [0.2, 0.25) is 0 Å². The van der Waals surface area contributed by atoms with E-state index in [1.54, 1.807) is 0 Å². The van der Waals surface area contributed by atoms with Crippen molar-refractivity contribution >= 4 is 11.9 Å². The zero-order chi connectivity index (χ0) is 15.6. The maximum Gasteiger partial charge on any atom is 0.223 e. The van der Waals surface area contributed by atoms with Crippen LogP contribution in [-0.4, -0.2) is 52.2 Å². The third-order valence-electron chi connectivity index (χ3n) is 5.01. The highest BCUT2D eigenvalue weighted by Gasteiger charge is 2.28. The molecule has 1 aromatic heterocycles. The molecule has 6 heteroatoms. The lowest BCUT2D eigenvalue weighted by atomic mass is 9.97. The smallest absolute Gasteiger partial charge is 0.223 e. The fraction of sp³-hybridized carbons (Fsp3) is 0.471. The largest absolute Gasteiger partial charge is 0.339 e. The third kappa shape index (κ3) is 2.81. The number of amides is 1. The summed E-state index contributed by atoms with van der Waals surface area (Å²) in [7, 11) is 0. The van der Waals surface area contributed by atoms with Gasteiger partial charge in [0.1, 0.15) is 6.33 Å². The Morgan fingerprint density at radius 2 is 2.04 bits per heavy atom. The molecule has 0 unspecified atom stereocenters. The maximum atomic E-state index is 12.6. The van der Waals surface area contributed by atoms with Crippen LogP contribution in [0, 0.1) is 0 Å². The average molecular weight is 311 g/mol. The molecule has 1 N–H and O–H groups in total. The zero-order valence-electron chi connectivity index (χ0n) is 13.1. The van der Waals surface area contributed by atoms with Crippen molar-refractivity contribution in [3.8, 4) is 0 Å². The van der Waals surface area contributed by atoms with Gasteiger partial charge in [-0.3, -0.25) is 4.79 Å². The molecule has 1 amide bonds. The van der Waals surface area contributed by atoms with Crippen LogP contribution < -0.4 is 4.90 Å². The molecule has 120 valence electrons. The van der Waals surface area contributed by atoms with Gasteiger partial charge in [0.15, 0.2) is 0 Å². The van der Waals surface area contributed by atoms with E-state index in [1.165, 1.54) is 17.5 Å². The van der Waals surface area contributed by atoms with E-state index in [2.05, 4.69) is 44.3 Å². The van der Waals surface area contributed by atoms with Crippen LogP contribution >= 0.6 is 0 Å². The molecule has 1 aromatic carbocycles. The van der Waals surface area contributed by atoms with Gasteiger partial charge >= 0.3 is 0 Å². The van der Waals surface area contributed by atoms with Crippen LogP contribution in [0.15, 0.2) is 30.6 Å². The fourth-order valence-electron chi connectivity index (χ4n) is 3.72. The van der Waals surface area contributed by atoms with Crippen LogP contribution in [0.5, 0.6) is 0 Å². The van der Waals surface area contributed by atoms with Crippen LogP contribution in [0.1, 0.15) is 29.9 Å². The van der Waals surface area contributed by atoms with Crippen molar-refractivity contribution in [3.05, 3.63) is 41.7 Å². The normalized spacial score (nSPS) is 20.6. The molecule has 2 aromatic rings. The molecule has 1 fully saturated rings. The first-order valence-corrected chi connectivity index (χ1v) is 8.27. The lowest BCUT2D eigenvalue weighted by molar-refractivity contribution is -0.131. The number of piperazine rings is 1. The lowest BCUT2D eigenvalue weighted by Gasteiger charge is -2.34. The summed E-state index contributed by atoms with van der Waals surface area (Å²) in [5.74, 6) is 1.47. The van der Waals surface area contributed by atoms with Crippen LogP contribution in [0.4, 0.5) is 5.95 Å². The molecule has 0 bridgehead atoms. The number of rotatable bonds is 3. The number of carbonyl (C=O) groups is 1. The highest BCUT2D eigenvalue weighted by Crippen LogP contribution is 2.35. The number of fused-ring (bicyclic) bond motifs is 1. The number of hydrogen-bond donors (Lipinski definition) is 1. The third-order valence-corrected chi connectivity index (χ3v) is 5.01. The monoisotopic (exact) mass is 311 g/mol. The molecule has 1 saturated heterocycles. The van der Waals surface area contributed by atoms with E-state index < -0.39 is 0 Å². The number of aromatic amines is 1. The molecule has 2 heterocycles. The highest BCUT2D eigenvalue weighted by molar-refractivity contribution is 5.77. The van der Waals surface area contributed by atoms with Crippen molar-refractivity contribution in [1.82, 2.24) is 20.1 Å². The number of nitrogens with zero attached hydrogens (tertiary/aromatic N) is 4. The van der Waals surface area contributed by atoms with Crippen molar-refractivity contribution in [3.63, 3.8) is 0 Å². The standard InChI is InChI=1S/C17H21N5O/c23-16(11-14-6-5-13-3-1-2-4-15(13)14)21-7-9-22(10-8-21)17-18-12-19-20-17/h1-4,12,14H,5-11H2,(H,18,19,20)/t14-/m1/s1. The first-order valence-electron chi connectivity index (χ1n) is 8.27. The van der Waals surface area contributed by atoms with E-state index in [0.29, 0.717) is 12.3 Å². The maximum absolute atomic E-state index is 12.6. The van der Waals surface area contributed by atoms with Crippen LogP contribution in [0.3, 0.4) is 0 Å². The molecular weight excluding hydrogens is 290 g/mol. The Labute approximate surface area is 135 Å². The number of H-pyrrole nitrogens is 1. The minimum absolute atomic E-state index is 0.281. The summed E-state index contributed by atoms with van der Waals surface area (Å²) in [5.41, 5.74) is 2.79. The Morgan fingerprint density at radius 3 is 2.83 bits per heavy atom. The van der Waals surface area contributed by atoms with Crippen molar-refractivity contribution in [1.29, 1.82) is 0 Å². The number of aromatic nitrogens is 3. The Morgan fingerprint density at radius 1 is 1.22 bits per heavy atom. The van der Waals surface area contributed by atoms with E-state index in [9.17, 15) is 4.79 Å². The van der Waals surface area contributed by atoms with Gasteiger partial charge < -0.3 is 9.80 Å². The van der Waals surface area contributed by atoms with E-state index in [1.807, 2.05) is 4.90 Å². The minimum atomic E-state index is 0.281. The zero-order valence-corrected chi connectivity index (χ0v) is 13.1. The first kappa shape index (κ1) is 14.2. The number of hydrogen-bond acceptors (Lipinski definition) is 4. The van der Waals surface area contributed by atoms with Gasteiger partial charge in [-0.05, 0) is 29.9 Å². The van der Waals surface area contributed by atoms with E-state index in [4.69, 9.17) is 0 Å². The molecule has 1 aliphatic carbocycles. The van der Waals surface area contributed by atoms with Gasteiger partial charge in [-0.25, -0.2) is 5.10 Å². The van der Waals surface area contributed by atoms with E-state index in [0.717, 1.165) is 45.0 Å². The van der Waals surface area contributed by atoms with E-state index in [-0.39, 0.29) is 5.91 Å². The fourth-order valence-corrected chi connectivity index (χ4v) is 3.72. The van der Waals surface area contributed by atoms with Gasteiger partial charge in [0.25, 0.3) is 0 Å². The lowest BCUT2D eigenvalue weighted by Crippen LogP contribution is -2.49. The number of anilines is 1. The Kier molecular flexibility index (Phi) is 3.73. The Balaban J connectivity index is 1.34. The summed E-state index contributed by atoms with van der Waals surface area (Å²) in [5, 5.41) is 6.77. The second-order valence-electron chi connectivity index (χ2n) is 6.32. The van der Waals surface area contributed by atoms with Crippen molar-refractivity contribution in [2.24, 2.45) is 0 Å². The van der Waals surface area contributed by atoms with Crippen molar-refractivity contribution < 1.29 is 4.79 Å². The molecule has 2 aliphatic rings. The summed E-state index contributed by atoms with van der Waals surface area (Å²) >= 11 is 0. The van der Waals surface area contributed by atoms with Gasteiger partial charge in [0.05, 0.1) is 0 Å².